The molecule has 0 aliphatic rings. The highest BCUT2D eigenvalue weighted by Crippen LogP contribution is 2.33. The molecule has 2 aromatic carbocycles. The molecule has 1 N–H and O–H groups in total. The lowest BCUT2D eigenvalue weighted by atomic mass is 10.2. The van der Waals surface area contributed by atoms with Gasteiger partial charge < -0.3 is 14.6 Å². The molecule has 0 saturated heterocycles. The van der Waals surface area contributed by atoms with Gasteiger partial charge in [0.1, 0.15) is 17.0 Å². The first kappa shape index (κ1) is 23.5. The summed E-state index contributed by atoms with van der Waals surface area (Å²) in [6.45, 7) is 4.81. The van der Waals surface area contributed by atoms with Crippen molar-refractivity contribution in [3.05, 3.63) is 59.0 Å². The molecule has 2 heterocycles. The number of aryl methyl sites for hydroxylation is 1. The van der Waals surface area contributed by atoms with Crippen molar-refractivity contribution in [2.45, 2.75) is 36.6 Å². The van der Waals surface area contributed by atoms with Gasteiger partial charge in [0.05, 0.1) is 28.2 Å². The normalized spacial score (nSPS) is 11.6. The number of aromatic nitrogens is 4. The quantitative estimate of drug-likeness (QED) is 0.410. The van der Waals surface area contributed by atoms with Gasteiger partial charge in [0.15, 0.2) is 5.65 Å². The molecular weight excluding hydrogens is 454 g/mol. The molecular formula is C24H27N5O4S. The van der Waals surface area contributed by atoms with Crippen molar-refractivity contribution >= 4 is 26.6 Å². The monoisotopic (exact) mass is 481 g/mol. The molecule has 9 nitrogen and oxygen atoms in total. The fraction of sp³-hybridized carbons (Fsp3) is 0.292. The molecule has 0 atom stereocenters. The number of sulfone groups is 1. The minimum atomic E-state index is -3.81. The summed E-state index contributed by atoms with van der Waals surface area (Å²) in [5, 5.41) is 4.63. The van der Waals surface area contributed by atoms with Crippen LogP contribution in [0.3, 0.4) is 0 Å². The van der Waals surface area contributed by atoms with Crippen molar-refractivity contribution in [2.24, 2.45) is 0 Å². The van der Waals surface area contributed by atoms with E-state index < -0.39 is 9.84 Å². The van der Waals surface area contributed by atoms with Crippen molar-refractivity contribution in [1.82, 2.24) is 19.7 Å². The Bertz CT molecular complexity index is 1490. The lowest BCUT2D eigenvalue weighted by Gasteiger charge is -2.14. The van der Waals surface area contributed by atoms with E-state index in [1.54, 1.807) is 35.0 Å². The number of ether oxygens (including phenoxy) is 1. The number of anilines is 1. The van der Waals surface area contributed by atoms with Gasteiger partial charge in [0.25, 0.3) is 5.56 Å². The molecule has 10 heteroatoms. The van der Waals surface area contributed by atoms with E-state index in [2.05, 4.69) is 15.1 Å². The standard InChI is InChI=1S/C24H27N5O4S/c1-5-13-29-23-20(15-25-29)24(30)27-22(26-23)19-14-18(11-12-21(19)33-6-2)34(31,32)17-9-7-16(8-10-17)28(3)4/h7-12,14-15H,5-6,13H2,1-4H3,(H,26,27,30). The van der Waals surface area contributed by atoms with Crippen LogP contribution in [0.15, 0.2) is 63.2 Å². The molecule has 4 rings (SSSR count). The van der Waals surface area contributed by atoms with Crippen LogP contribution in [0, 0.1) is 0 Å². The lowest BCUT2D eigenvalue weighted by molar-refractivity contribution is 0.341. The van der Waals surface area contributed by atoms with Crippen LogP contribution in [0.1, 0.15) is 20.3 Å². The maximum Gasteiger partial charge on any atom is 0.262 e. The van der Waals surface area contributed by atoms with E-state index in [1.807, 2.05) is 32.8 Å². The predicted molar refractivity (Wildman–Crippen MR) is 131 cm³/mol. The predicted octanol–water partition coefficient (Wildman–Crippen LogP) is 3.49. The van der Waals surface area contributed by atoms with Crippen LogP contribution in [0.5, 0.6) is 5.75 Å². The van der Waals surface area contributed by atoms with Crippen molar-refractivity contribution in [3.8, 4) is 17.1 Å². The van der Waals surface area contributed by atoms with Crippen LogP contribution >= 0.6 is 0 Å². The Balaban J connectivity index is 1.87. The zero-order valence-electron chi connectivity index (χ0n) is 19.6. The van der Waals surface area contributed by atoms with Crippen LogP contribution < -0.4 is 15.2 Å². The number of benzene rings is 2. The summed E-state index contributed by atoms with van der Waals surface area (Å²) in [6.07, 6.45) is 2.31. The van der Waals surface area contributed by atoms with Gasteiger partial charge in [-0.25, -0.2) is 18.1 Å². The Morgan fingerprint density at radius 2 is 1.76 bits per heavy atom. The van der Waals surface area contributed by atoms with Gasteiger partial charge in [-0.05, 0) is 55.8 Å². The molecule has 178 valence electrons. The fourth-order valence-electron chi connectivity index (χ4n) is 3.67. The lowest BCUT2D eigenvalue weighted by Crippen LogP contribution is -2.12. The molecule has 0 bridgehead atoms. The van der Waals surface area contributed by atoms with Crippen LogP contribution in [0.2, 0.25) is 0 Å². The summed E-state index contributed by atoms with van der Waals surface area (Å²) in [6, 6.07) is 11.3. The first-order valence-electron chi connectivity index (χ1n) is 11.0. The number of fused-ring (bicyclic) bond motifs is 1. The summed E-state index contributed by atoms with van der Waals surface area (Å²) < 4.78 is 34.2. The molecule has 34 heavy (non-hydrogen) atoms. The molecule has 0 unspecified atom stereocenters. The summed E-state index contributed by atoms with van der Waals surface area (Å²) in [7, 11) is -0.0372. The summed E-state index contributed by atoms with van der Waals surface area (Å²) in [4.78, 5) is 22.3. The highest BCUT2D eigenvalue weighted by molar-refractivity contribution is 7.91. The number of hydrogen-bond acceptors (Lipinski definition) is 7. The van der Waals surface area contributed by atoms with Crippen LogP contribution in [-0.4, -0.2) is 48.9 Å². The zero-order chi connectivity index (χ0) is 24.5. The van der Waals surface area contributed by atoms with Crippen molar-refractivity contribution < 1.29 is 13.2 Å². The highest BCUT2D eigenvalue weighted by atomic mass is 32.2. The largest absolute Gasteiger partial charge is 0.493 e. The topological polar surface area (TPSA) is 110 Å². The molecule has 0 aliphatic heterocycles. The second kappa shape index (κ2) is 9.30. The average Bonchev–Trinajstić information content (AvgIpc) is 3.23. The molecule has 0 saturated carbocycles. The first-order valence-corrected chi connectivity index (χ1v) is 12.5. The fourth-order valence-corrected chi connectivity index (χ4v) is 4.96. The number of nitrogens with one attached hydrogen (secondary N) is 1. The minimum absolute atomic E-state index is 0.0772. The molecule has 4 aromatic rings. The third kappa shape index (κ3) is 4.28. The summed E-state index contributed by atoms with van der Waals surface area (Å²) in [5.74, 6) is 0.646. The molecule has 0 spiro atoms. The van der Waals surface area contributed by atoms with E-state index in [1.165, 1.54) is 18.3 Å². The first-order chi connectivity index (χ1) is 16.3. The highest BCUT2D eigenvalue weighted by Gasteiger charge is 2.22. The third-order valence-corrected chi connectivity index (χ3v) is 7.19. The molecule has 0 aliphatic carbocycles. The maximum absolute atomic E-state index is 13.4. The third-order valence-electron chi connectivity index (χ3n) is 5.42. The van der Waals surface area contributed by atoms with Gasteiger partial charge >= 0.3 is 0 Å². The van der Waals surface area contributed by atoms with Crippen molar-refractivity contribution in [3.63, 3.8) is 0 Å². The molecule has 0 amide bonds. The van der Waals surface area contributed by atoms with Crippen LogP contribution in [0.25, 0.3) is 22.4 Å². The van der Waals surface area contributed by atoms with Crippen LogP contribution in [0.4, 0.5) is 5.69 Å². The molecule has 0 radical (unpaired) electrons. The number of aromatic amines is 1. The number of rotatable bonds is 8. The number of nitrogens with zero attached hydrogens (tertiary/aromatic N) is 4. The van der Waals surface area contributed by atoms with Gasteiger partial charge in [0, 0.05) is 26.3 Å². The second-order valence-electron chi connectivity index (χ2n) is 8.00. The second-order valence-corrected chi connectivity index (χ2v) is 9.95. The summed E-state index contributed by atoms with van der Waals surface area (Å²) in [5.41, 5.74) is 1.37. The van der Waals surface area contributed by atoms with Gasteiger partial charge in [-0.2, -0.15) is 5.10 Å². The van der Waals surface area contributed by atoms with Gasteiger partial charge in [-0.1, -0.05) is 6.92 Å². The van der Waals surface area contributed by atoms with Crippen molar-refractivity contribution in [1.29, 1.82) is 0 Å². The van der Waals surface area contributed by atoms with E-state index in [0.717, 1.165) is 12.1 Å². The van der Waals surface area contributed by atoms with E-state index in [0.29, 0.717) is 35.5 Å². The van der Waals surface area contributed by atoms with E-state index in [-0.39, 0.29) is 21.2 Å². The smallest absolute Gasteiger partial charge is 0.262 e. The van der Waals surface area contributed by atoms with E-state index in [4.69, 9.17) is 4.74 Å². The Labute approximate surface area is 197 Å². The average molecular weight is 482 g/mol. The van der Waals surface area contributed by atoms with Crippen LogP contribution in [-0.2, 0) is 16.4 Å². The van der Waals surface area contributed by atoms with Gasteiger partial charge in [0.2, 0.25) is 9.84 Å². The Kier molecular flexibility index (Phi) is 6.43. The molecule has 2 aromatic heterocycles. The summed E-state index contributed by atoms with van der Waals surface area (Å²) >= 11 is 0. The Hall–Kier alpha value is -3.66. The van der Waals surface area contributed by atoms with E-state index >= 15 is 0 Å². The minimum Gasteiger partial charge on any atom is -0.493 e. The van der Waals surface area contributed by atoms with Gasteiger partial charge in [-0.15, -0.1) is 0 Å². The Morgan fingerprint density at radius 3 is 2.41 bits per heavy atom. The van der Waals surface area contributed by atoms with Gasteiger partial charge in [-0.3, -0.25) is 4.79 Å². The molecule has 0 fully saturated rings. The SMILES string of the molecule is CCCn1ncc2c(=O)[nH]c(-c3cc(S(=O)(=O)c4ccc(N(C)C)cc4)ccc3OCC)nc21. The number of H-pyrrole nitrogens is 1. The van der Waals surface area contributed by atoms with E-state index in [9.17, 15) is 13.2 Å². The zero-order valence-corrected chi connectivity index (χ0v) is 20.4. The maximum atomic E-state index is 13.4. The number of hydrogen-bond donors (Lipinski definition) is 1. The van der Waals surface area contributed by atoms with Crippen molar-refractivity contribution in [2.75, 3.05) is 25.6 Å². The Morgan fingerprint density at radius 1 is 1.06 bits per heavy atom.